The minimum absolute atomic E-state index is 0.00958. The maximum atomic E-state index is 13.5. The Hall–Kier alpha value is -3.28. The third-order valence-electron chi connectivity index (χ3n) is 5.47. The van der Waals surface area contributed by atoms with E-state index in [0.29, 0.717) is 6.54 Å². The largest absolute Gasteiger partial charge is 0.497 e. The molecular formula is C23H25N3O3. The van der Waals surface area contributed by atoms with Crippen molar-refractivity contribution in [1.82, 2.24) is 14.5 Å². The monoisotopic (exact) mass is 391 g/mol. The Kier molecular flexibility index (Phi) is 5.51. The van der Waals surface area contributed by atoms with Gasteiger partial charge in [0.2, 0.25) is 0 Å². The molecule has 0 aliphatic carbocycles. The van der Waals surface area contributed by atoms with Gasteiger partial charge in [-0.2, -0.15) is 0 Å². The number of benzene rings is 2. The van der Waals surface area contributed by atoms with E-state index in [0.717, 1.165) is 47.6 Å². The first-order chi connectivity index (χ1) is 14.2. The van der Waals surface area contributed by atoms with Crippen LogP contribution in [0.1, 0.15) is 40.4 Å². The number of imidazole rings is 1. The van der Waals surface area contributed by atoms with E-state index in [2.05, 4.69) is 4.98 Å². The van der Waals surface area contributed by atoms with E-state index in [9.17, 15) is 4.79 Å². The van der Waals surface area contributed by atoms with Crippen LogP contribution in [0.3, 0.4) is 0 Å². The fourth-order valence-corrected chi connectivity index (χ4v) is 4.03. The van der Waals surface area contributed by atoms with Crippen LogP contribution in [0.15, 0.2) is 61.2 Å². The molecule has 1 amide bonds. The molecule has 1 atom stereocenters. The van der Waals surface area contributed by atoms with E-state index in [4.69, 9.17) is 9.47 Å². The molecular weight excluding hydrogens is 366 g/mol. The number of hydrogen-bond donors (Lipinski definition) is 0. The number of likely N-dealkylation sites (tertiary alicyclic amines) is 1. The molecule has 1 aliphatic heterocycles. The van der Waals surface area contributed by atoms with Gasteiger partial charge in [0.25, 0.3) is 5.91 Å². The molecule has 6 nitrogen and oxygen atoms in total. The summed E-state index contributed by atoms with van der Waals surface area (Å²) in [4.78, 5) is 19.6. The quantitative estimate of drug-likeness (QED) is 0.639. The number of rotatable bonds is 6. The molecule has 0 unspecified atom stereocenters. The third-order valence-corrected chi connectivity index (χ3v) is 5.47. The van der Waals surface area contributed by atoms with Crippen molar-refractivity contribution in [2.45, 2.75) is 25.4 Å². The summed E-state index contributed by atoms with van der Waals surface area (Å²) in [6, 6.07) is 13.6. The minimum Gasteiger partial charge on any atom is -0.497 e. The summed E-state index contributed by atoms with van der Waals surface area (Å²) < 4.78 is 12.9. The van der Waals surface area contributed by atoms with Crippen LogP contribution in [0.2, 0.25) is 0 Å². The van der Waals surface area contributed by atoms with Crippen molar-refractivity contribution in [2.75, 3.05) is 20.8 Å². The summed E-state index contributed by atoms with van der Waals surface area (Å²) in [7, 11) is 3.29. The molecule has 150 valence electrons. The van der Waals surface area contributed by atoms with Gasteiger partial charge in [-0.15, -0.1) is 0 Å². The Labute approximate surface area is 170 Å². The van der Waals surface area contributed by atoms with E-state index < -0.39 is 0 Å². The zero-order valence-corrected chi connectivity index (χ0v) is 16.7. The SMILES string of the molecule is COc1ccc([C@H]2CCCN2C(=O)c2ccccc2Cn2ccnc2)c(OC)c1. The zero-order valence-electron chi connectivity index (χ0n) is 16.7. The highest BCUT2D eigenvalue weighted by Crippen LogP contribution is 2.39. The lowest BCUT2D eigenvalue weighted by molar-refractivity contribution is 0.0733. The van der Waals surface area contributed by atoms with Gasteiger partial charge in [0.15, 0.2) is 0 Å². The van der Waals surface area contributed by atoms with Gasteiger partial charge in [0.05, 0.1) is 26.6 Å². The van der Waals surface area contributed by atoms with E-state index in [1.165, 1.54) is 0 Å². The minimum atomic E-state index is -0.00958. The van der Waals surface area contributed by atoms with Gasteiger partial charge in [0.1, 0.15) is 11.5 Å². The number of amides is 1. The van der Waals surface area contributed by atoms with E-state index in [1.54, 1.807) is 26.7 Å². The molecule has 0 bridgehead atoms. The molecule has 29 heavy (non-hydrogen) atoms. The molecule has 1 saturated heterocycles. The van der Waals surface area contributed by atoms with Crippen molar-refractivity contribution >= 4 is 5.91 Å². The Balaban J connectivity index is 1.64. The van der Waals surface area contributed by atoms with Crippen LogP contribution in [0.25, 0.3) is 0 Å². The zero-order chi connectivity index (χ0) is 20.2. The number of nitrogens with zero attached hydrogens (tertiary/aromatic N) is 3. The third kappa shape index (κ3) is 3.83. The summed E-state index contributed by atoms with van der Waals surface area (Å²) in [5.41, 5.74) is 2.75. The average Bonchev–Trinajstić information content (AvgIpc) is 3.45. The van der Waals surface area contributed by atoms with Crippen molar-refractivity contribution in [3.8, 4) is 11.5 Å². The molecule has 2 heterocycles. The smallest absolute Gasteiger partial charge is 0.254 e. The van der Waals surface area contributed by atoms with Crippen LogP contribution < -0.4 is 9.47 Å². The number of aromatic nitrogens is 2. The molecule has 0 radical (unpaired) electrons. The predicted molar refractivity (Wildman–Crippen MR) is 110 cm³/mol. The number of methoxy groups -OCH3 is 2. The second-order valence-corrected chi connectivity index (χ2v) is 7.16. The first-order valence-corrected chi connectivity index (χ1v) is 9.78. The lowest BCUT2D eigenvalue weighted by Gasteiger charge is -2.27. The van der Waals surface area contributed by atoms with Gasteiger partial charge < -0.3 is 18.9 Å². The van der Waals surface area contributed by atoms with Gasteiger partial charge in [-0.25, -0.2) is 4.98 Å². The molecule has 0 saturated carbocycles. The lowest BCUT2D eigenvalue weighted by Crippen LogP contribution is -2.31. The first kappa shape index (κ1) is 19.1. The topological polar surface area (TPSA) is 56.6 Å². The number of carbonyl (C=O) groups is 1. The molecule has 1 aliphatic rings. The summed E-state index contributed by atoms with van der Waals surface area (Å²) in [6.45, 7) is 1.35. The van der Waals surface area contributed by atoms with Crippen LogP contribution >= 0.6 is 0 Å². The fraction of sp³-hybridized carbons (Fsp3) is 0.304. The van der Waals surface area contributed by atoms with Crippen molar-refractivity contribution in [3.63, 3.8) is 0 Å². The van der Waals surface area contributed by atoms with Gasteiger partial charge >= 0.3 is 0 Å². The molecule has 3 aromatic rings. The number of ether oxygens (including phenoxy) is 2. The van der Waals surface area contributed by atoms with E-state index in [-0.39, 0.29) is 11.9 Å². The average molecular weight is 391 g/mol. The standard InChI is InChI=1S/C23H25N3O3/c1-28-18-9-10-20(22(14-18)29-2)21-8-5-12-26(21)23(27)19-7-4-3-6-17(19)15-25-13-11-24-16-25/h3-4,6-7,9-11,13-14,16,21H,5,8,12,15H2,1-2H3/t21-/m1/s1. The van der Waals surface area contributed by atoms with Gasteiger partial charge in [-0.1, -0.05) is 18.2 Å². The predicted octanol–water partition coefficient (Wildman–Crippen LogP) is 3.93. The lowest BCUT2D eigenvalue weighted by atomic mass is 10.0. The summed E-state index contributed by atoms with van der Waals surface area (Å²) in [5, 5.41) is 0. The van der Waals surface area contributed by atoms with Crippen molar-refractivity contribution in [2.24, 2.45) is 0 Å². The van der Waals surface area contributed by atoms with Crippen molar-refractivity contribution in [3.05, 3.63) is 77.9 Å². The normalized spacial score (nSPS) is 16.1. The summed E-state index contributed by atoms with van der Waals surface area (Å²) in [6.07, 6.45) is 7.30. The highest BCUT2D eigenvalue weighted by Gasteiger charge is 2.33. The second-order valence-electron chi connectivity index (χ2n) is 7.16. The maximum absolute atomic E-state index is 13.5. The Morgan fingerprint density at radius 2 is 2.03 bits per heavy atom. The maximum Gasteiger partial charge on any atom is 0.254 e. The van der Waals surface area contributed by atoms with Crippen LogP contribution in [-0.4, -0.2) is 41.1 Å². The number of hydrogen-bond acceptors (Lipinski definition) is 4. The number of carbonyl (C=O) groups excluding carboxylic acids is 1. The van der Waals surface area contributed by atoms with E-state index >= 15 is 0 Å². The molecule has 6 heteroatoms. The Bertz CT molecular complexity index is 985. The summed E-state index contributed by atoms with van der Waals surface area (Å²) in [5.74, 6) is 1.55. The first-order valence-electron chi connectivity index (χ1n) is 9.78. The highest BCUT2D eigenvalue weighted by molar-refractivity contribution is 5.96. The molecule has 0 N–H and O–H groups in total. The molecule has 1 aromatic heterocycles. The van der Waals surface area contributed by atoms with Crippen LogP contribution in [-0.2, 0) is 6.54 Å². The van der Waals surface area contributed by atoms with Crippen LogP contribution in [0.5, 0.6) is 11.5 Å². The van der Waals surface area contributed by atoms with Gasteiger partial charge in [-0.05, 0) is 36.6 Å². The molecule has 4 rings (SSSR count). The molecule has 1 fully saturated rings. The Morgan fingerprint density at radius 3 is 2.79 bits per heavy atom. The van der Waals surface area contributed by atoms with E-state index in [1.807, 2.05) is 58.1 Å². The fourth-order valence-electron chi connectivity index (χ4n) is 4.03. The van der Waals surface area contributed by atoms with Crippen molar-refractivity contribution < 1.29 is 14.3 Å². The Morgan fingerprint density at radius 1 is 1.17 bits per heavy atom. The van der Waals surface area contributed by atoms with Crippen LogP contribution in [0.4, 0.5) is 0 Å². The highest BCUT2D eigenvalue weighted by atomic mass is 16.5. The second kappa shape index (κ2) is 8.39. The van der Waals surface area contributed by atoms with Gasteiger partial charge in [0, 0.05) is 42.7 Å². The van der Waals surface area contributed by atoms with Crippen molar-refractivity contribution in [1.29, 1.82) is 0 Å². The molecule has 0 spiro atoms. The molecule has 2 aromatic carbocycles. The van der Waals surface area contributed by atoms with Crippen LogP contribution in [0, 0.1) is 0 Å². The summed E-state index contributed by atoms with van der Waals surface area (Å²) >= 11 is 0. The van der Waals surface area contributed by atoms with Gasteiger partial charge in [-0.3, -0.25) is 4.79 Å².